The van der Waals surface area contributed by atoms with E-state index in [1.165, 1.54) is 12.5 Å². The van der Waals surface area contributed by atoms with Gasteiger partial charge in [-0.3, -0.25) is 10.1 Å². The summed E-state index contributed by atoms with van der Waals surface area (Å²) in [6.07, 6.45) is 3.50. The van der Waals surface area contributed by atoms with Crippen molar-refractivity contribution in [3.05, 3.63) is 32.5 Å². The van der Waals surface area contributed by atoms with Crippen LogP contribution in [0, 0.1) is 21.8 Å². The molecule has 1 aliphatic rings. The molecule has 0 bridgehead atoms. The van der Waals surface area contributed by atoms with Crippen LogP contribution >= 0.6 is 15.9 Å². The van der Waals surface area contributed by atoms with Crippen LogP contribution in [0.15, 0.2) is 16.6 Å². The maximum atomic E-state index is 13.3. The Kier molecular flexibility index (Phi) is 3.85. The first-order valence-electron chi connectivity index (χ1n) is 5.89. The molecule has 0 radical (unpaired) electrons. The summed E-state index contributed by atoms with van der Waals surface area (Å²) in [6, 6.07) is 2.54. The summed E-state index contributed by atoms with van der Waals surface area (Å²) in [7, 11) is 0. The third-order valence-electron chi connectivity index (χ3n) is 3.48. The third-order valence-corrected chi connectivity index (χ3v) is 4.08. The minimum Gasteiger partial charge on any atom is -0.377 e. The van der Waals surface area contributed by atoms with Crippen LogP contribution in [0.4, 0.5) is 15.8 Å². The van der Waals surface area contributed by atoms with Gasteiger partial charge in [-0.15, -0.1) is 0 Å². The fourth-order valence-corrected chi connectivity index (χ4v) is 2.45. The van der Waals surface area contributed by atoms with E-state index in [0.717, 1.165) is 18.9 Å². The number of nitrogens with one attached hydrogen (secondary N) is 1. The number of halogens is 2. The number of hydrogen-bond donors (Lipinski definition) is 1. The standard InChI is InChI=1S/C12H14BrFN2O2/c1-7(8-3-2-4-8)15-11-5-9(13)10(14)6-12(11)16(17)18/h5-8,15H,2-4H2,1H3. The van der Waals surface area contributed by atoms with Crippen LogP contribution in [0.2, 0.25) is 0 Å². The van der Waals surface area contributed by atoms with Gasteiger partial charge >= 0.3 is 0 Å². The monoisotopic (exact) mass is 316 g/mol. The summed E-state index contributed by atoms with van der Waals surface area (Å²) >= 11 is 3.05. The van der Waals surface area contributed by atoms with Gasteiger partial charge in [0.2, 0.25) is 0 Å². The SMILES string of the molecule is CC(Nc1cc(Br)c(F)cc1[N+](=O)[O-])C1CCC1. The lowest BCUT2D eigenvalue weighted by Gasteiger charge is -2.32. The lowest BCUT2D eigenvalue weighted by Crippen LogP contribution is -2.31. The molecule has 0 aromatic heterocycles. The van der Waals surface area contributed by atoms with E-state index in [-0.39, 0.29) is 16.2 Å². The maximum absolute atomic E-state index is 13.3. The van der Waals surface area contributed by atoms with Gasteiger partial charge in [-0.05, 0) is 47.7 Å². The van der Waals surface area contributed by atoms with Crippen molar-refractivity contribution in [1.82, 2.24) is 0 Å². The van der Waals surface area contributed by atoms with Crippen LogP contribution in [0.1, 0.15) is 26.2 Å². The first kappa shape index (κ1) is 13.3. The summed E-state index contributed by atoms with van der Waals surface area (Å²) in [6.45, 7) is 2.00. The number of hydrogen-bond acceptors (Lipinski definition) is 3. The van der Waals surface area contributed by atoms with Crippen LogP contribution in [-0.2, 0) is 0 Å². The molecule has 18 heavy (non-hydrogen) atoms. The average molecular weight is 317 g/mol. The zero-order chi connectivity index (χ0) is 13.3. The van der Waals surface area contributed by atoms with E-state index >= 15 is 0 Å². The highest BCUT2D eigenvalue weighted by molar-refractivity contribution is 9.10. The van der Waals surface area contributed by atoms with E-state index in [4.69, 9.17) is 0 Å². The van der Waals surface area contributed by atoms with Gasteiger partial charge in [-0.25, -0.2) is 4.39 Å². The van der Waals surface area contributed by atoms with Crippen molar-refractivity contribution in [2.45, 2.75) is 32.2 Å². The molecule has 1 fully saturated rings. The largest absolute Gasteiger partial charge is 0.377 e. The van der Waals surface area contributed by atoms with Crippen LogP contribution in [0.25, 0.3) is 0 Å². The highest BCUT2D eigenvalue weighted by Crippen LogP contribution is 2.35. The molecule has 1 N–H and O–H groups in total. The van der Waals surface area contributed by atoms with Gasteiger partial charge in [-0.1, -0.05) is 6.42 Å². The predicted molar refractivity (Wildman–Crippen MR) is 71.2 cm³/mol. The molecule has 1 atom stereocenters. The van der Waals surface area contributed by atoms with E-state index in [1.807, 2.05) is 6.92 Å². The summed E-state index contributed by atoms with van der Waals surface area (Å²) < 4.78 is 13.5. The van der Waals surface area contributed by atoms with Crippen molar-refractivity contribution in [2.75, 3.05) is 5.32 Å². The summed E-state index contributed by atoms with van der Waals surface area (Å²) in [5.41, 5.74) is 0.148. The number of nitrogens with zero attached hydrogens (tertiary/aromatic N) is 1. The first-order chi connectivity index (χ1) is 8.49. The van der Waals surface area contributed by atoms with Crippen molar-refractivity contribution in [1.29, 1.82) is 0 Å². The average Bonchev–Trinajstić information content (AvgIpc) is 2.19. The van der Waals surface area contributed by atoms with Crippen molar-refractivity contribution >= 4 is 27.3 Å². The molecular weight excluding hydrogens is 303 g/mol. The Morgan fingerprint density at radius 2 is 2.22 bits per heavy atom. The van der Waals surface area contributed by atoms with Gasteiger partial charge in [0.15, 0.2) is 0 Å². The highest BCUT2D eigenvalue weighted by Gasteiger charge is 2.26. The lowest BCUT2D eigenvalue weighted by atomic mass is 9.80. The molecule has 0 spiro atoms. The van der Waals surface area contributed by atoms with E-state index in [0.29, 0.717) is 11.6 Å². The molecule has 1 aliphatic carbocycles. The van der Waals surface area contributed by atoms with E-state index in [9.17, 15) is 14.5 Å². The number of benzene rings is 1. The molecule has 1 saturated carbocycles. The Hall–Kier alpha value is -1.17. The second-order valence-electron chi connectivity index (χ2n) is 4.66. The zero-order valence-corrected chi connectivity index (χ0v) is 11.5. The highest BCUT2D eigenvalue weighted by atomic mass is 79.9. The molecule has 0 amide bonds. The molecule has 6 heteroatoms. The van der Waals surface area contributed by atoms with Crippen molar-refractivity contribution in [3.63, 3.8) is 0 Å². The van der Waals surface area contributed by atoms with Gasteiger partial charge in [0.1, 0.15) is 11.5 Å². The lowest BCUT2D eigenvalue weighted by molar-refractivity contribution is -0.384. The Morgan fingerprint density at radius 3 is 2.72 bits per heavy atom. The second-order valence-corrected chi connectivity index (χ2v) is 5.52. The number of rotatable bonds is 4. The minimum atomic E-state index is -0.622. The number of nitro benzene ring substituents is 1. The summed E-state index contributed by atoms with van der Waals surface area (Å²) in [4.78, 5) is 10.3. The molecule has 0 heterocycles. The second kappa shape index (κ2) is 5.22. The Bertz CT molecular complexity index is 477. The van der Waals surface area contributed by atoms with Gasteiger partial charge in [0.25, 0.3) is 5.69 Å². The van der Waals surface area contributed by atoms with Crippen molar-refractivity contribution in [2.24, 2.45) is 5.92 Å². The maximum Gasteiger partial charge on any atom is 0.295 e. The van der Waals surface area contributed by atoms with Crippen molar-refractivity contribution in [3.8, 4) is 0 Å². The Balaban J connectivity index is 2.24. The molecule has 0 saturated heterocycles. The van der Waals surface area contributed by atoms with Gasteiger partial charge < -0.3 is 5.32 Å². The molecule has 0 aliphatic heterocycles. The molecule has 4 nitrogen and oxygen atoms in total. The van der Waals surface area contributed by atoms with Crippen LogP contribution < -0.4 is 5.32 Å². The van der Waals surface area contributed by atoms with E-state index in [2.05, 4.69) is 21.2 Å². The quantitative estimate of drug-likeness (QED) is 0.672. The zero-order valence-electron chi connectivity index (χ0n) is 9.95. The molecular formula is C12H14BrFN2O2. The van der Waals surface area contributed by atoms with Gasteiger partial charge in [-0.2, -0.15) is 0 Å². The smallest absolute Gasteiger partial charge is 0.295 e. The molecule has 1 aromatic rings. The Labute approximate surface area is 113 Å². The third kappa shape index (κ3) is 2.63. The molecule has 1 aromatic carbocycles. The molecule has 1 unspecified atom stereocenters. The van der Waals surface area contributed by atoms with Crippen LogP contribution in [0.5, 0.6) is 0 Å². The minimum absolute atomic E-state index is 0.162. The van der Waals surface area contributed by atoms with E-state index < -0.39 is 10.7 Å². The van der Waals surface area contributed by atoms with Crippen LogP contribution in [-0.4, -0.2) is 11.0 Å². The first-order valence-corrected chi connectivity index (χ1v) is 6.68. The van der Waals surface area contributed by atoms with E-state index in [1.54, 1.807) is 0 Å². The van der Waals surface area contributed by atoms with Crippen molar-refractivity contribution < 1.29 is 9.31 Å². The fraction of sp³-hybridized carbons (Fsp3) is 0.500. The number of anilines is 1. The normalized spacial score (nSPS) is 17.1. The molecule has 2 rings (SSSR count). The van der Waals surface area contributed by atoms with Gasteiger partial charge in [0, 0.05) is 6.04 Å². The summed E-state index contributed by atoms with van der Waals surface area (Å²) in [5, 5.41) is 14.0. The topological polar surface area (TPSA) is 55.2 Å². The fourth-order valence-electron chi connectivity index (χ4n) is 2.11. The molecule has 98 valence electrons. The van der Waals surface area contributed by atoms with Crippen LogP contribution in [0.3, 0.4) is 0 Å². The Morgan fingerprint density at radius 1 is 1.56 bits per heavy atom. The summed E-state index contributed by atoms with van der Waals surface area (Å²) in [5.74, 6) is -0.0722. The predicted octanol–water partition coefficient (Wildman–Crippen LogP) is 4.10. The number of nitro groups is 1. The van der Waals surface area contributed by atoms with Gasteiger partial charge in [0.05, 0.1) is 15.5 Å².